The lowest BCUT2D eigenvalue weighted by atomic mass is 10.1. The molecule has 17 heteroatoms. The number of hydrogen-bond acceptors (Lipinski definition) is 9. The second-order valence-electron chi connectivity index (χ2n) is 6.59. The van der Waals surface area contributed by atoms with Crippen LogP contribution in [0.2, 0.25) is 0 Å². The van der Waals surface area contributed by atoms with Crippen LogP contribution in [0.4, 0.5) is 0 Å². The molecule has 34 heavy (non-hydrogen) atoms. The van der Waals surface area contributed by atoms with Crippen LogP contribution in [0.15, 0.2) is 4.99 Å². The van der Waals surface area contributed by atoms with E-state index in [1.54, 1.807) is 0 Å². The number of nitrogens with two attached hydrogens (primary N) is 3. The number of rotatable bonds is 14. The quantitative estimate of drug-likeness (QED) is 0.0464. The van der Waals surface area contributed by atoms with Crippen molar-refractivity contribution in [3.8, 4) is 0 Å². The van der Waals surface area contributed by atoms with E-state index in [9.17, 15) is 24.0 Å². The molecule has 0 aliphatic carbocycles. The van der Waals surface area contributed by atoms with Crippen LogP contribution in [-0.4, -0.2) is 93.9 Å². The average Bonchev–Trinajstić information content (AvgIpc) is 2.71. The maximum Gasteiger partial charge on any atom is 0.327 e. The Kier molecular flexibility index (Phi) is 17.1. The predicted molar refractivity (Wildman–Crippen MR) is 122 cm³/mol. The van der Waals surface area contributed by atoms with Gasteiger partial charge in [-0.1, -0.05) is 0 Å². The summed E-state index contributed by atoms with van der Waals surface area (Å²) in [7, 11) is 0. The minimum atomic E-state index is -1.55. The van der Waals surface area contributed by atoms with Crippen molar-refractivity contribution in [2.75, 3.05) is 18.8 Å². The Morgan fingerprint density at radius 2 is 1.53 bits per heavy atom. The molecule has 3 unspecified atom stereocenters. The van der Waals surface area contributed by atoms with E-state index in [0.29, 0.717) is 6.42 Å². The number of amides is 3. The predicted octanol–water partition coefficient (Wildman–Crippen LogP) is -3.97. The van der Waals surface area contributed by atoms with Crippen LogP contribution in [-0.2, 0) is 28.8 Å². The van der Waals surface area contributed by atoms with Crippen LogP contribution in [0.1, 0.15) is 26.2 Å². The standard InChI is InChI=1S/C15H27N7O7S.C2H4O2/c16-7(2-1-3-19-15(17)18)12(26)20-5-10(23)21-8(4-11(24)25)13(27)22-9(6-30)14(28)29;1-2(3)4/h7-9,30H,1-6,16H2,(H,20,26)(H,21,23)(H,22,27)(H,24,25)(H,28,29)(H4,17,18,19);1H3,(H,3,4). The molecule has 0 saturated heterocycles. The van der Waals surface area contributed by atoms with Gasteiger partial charge in [0, 0.05) is 19.2 Å². The normalized spacial score (nSPS) is 12.4. The second-order valence-corrected chi connectivity index (χ2v) is 6.96. The summed E-state index contributed by atoms with van der Waals surface area (Å²) in [5.74, 6) is -6.47. The van der Waals surface area contributed by atoms with Crippen LogP contribution in [0.5, 0.6) is 0 Å². The van der Waals surface area contributed by atoms with Crippen molar-refractivity contribution in [2.45, 2.75) is 44.3 Å². The summed E-state index contributed by atoms with van der Waals surface area (Å²) in [4.78, 5) is 70.6. The number of carboxylic acids is 3. The number of carbonyl (C=O) groups excluding carboxylic acids is 3. The minimum absolute atomic E-state index is 0.0892. The monoisotopic (exact) mass is 509 g/mol. The first-order valence-electron chi connectivity index (χ1n) is 9.64. The van der Waals surface area contributed by atoms with Crippen LogP contribution >= 0.6 is 12.6 Å². The summed E-state index contributed by atoms with van der Waals surface area (Å²) in [6, 6.07) is -3.86. The van der Waals surface area contributed by atoms with Crippen molar-refractivity contribution in [3.63, 3.8) is 0 Å². The van der Waals surface area contributed by atoms with Gasteiger partial charge in [0.1, 0.15) is 12.1 Å². The van der Waals surface area contributed by atoms with E-state index in [2.05, 4.69) is 33.6 Å². The number of nitrogens with zero attached hydrogens (tertiary/aromatic N) is 1. The van der Waals surface area contributed by atoms with Gasteiger partial charge in [0.2, 0.25) is 17.7 Å². The van der Waals surface area contributed by atoms with Crippen molar-refractivity contribution in [1.82, 2.24) is 16.0 Å². The number of aliphatic imine (C=N–C) groups is 1. The first-order chi connectivity index (χ1) is 15.7. The lowest BCUT2D eigenvalue weighted by Gasteiger charge is -2.20. The fraction of sp³-hybridized carbons (Fsp3) is 0.588. The number of thiol groups is 1. The van der Waals surface area contributed by atoms with Gasteiger partial charge < -0.3 is 48.5 Å². The van der Waals surface area contributed by atoms with Gasteiger partial charge in [-0.25, -0.2) is 4.79 Å². The molecule has 194 valence electrons. The molecule has 0 heterocycles. The molecule has 0 aromatic heterocycles. The van der Waals surface area contributed by atoms with E-state index in [0.717, 1.165) is 6.92 Å². The number of nitrogens with one attached hydrogen (secondary N) is 3. The number of carboxylic acid groups (broad SMARTS) is 3. The zero-order chi connectivity index (χ0) is 26.8. The molecule has 0 fully saturated rings. The summed E-state index contributed by atoms with van der Waals surface area (Å²) in [5, 5.41) is 31.7. The number of aliphatic carboxylic acids is 3. The summed E-state index contributed by atoms with van der Waals surface area (Å²) in [6.45, 7) is 0.790. The van der Waals surface area contributed by atoms with E-state index in [1.165, 1.54) is 0 Å². The Bertz CT molecular complexity index is 756. The van der Waals surface area contributed by atoms with Crippen LogP contribution in [0.25, 0.3) is 0 Å². The first kappa shape index (κ1) is 32.6. The van der Waals surface area contributed by atoms with Crippen LogP contribution < -0.4 is 33.2 Å². The second kappa shape index (κ2) is 17.9. The van der Waals surface area contributed by atoms with E-state index in [1.807, 2.05) is 0 Å². The molecule has 0 aromatic carbocycles. The van der Waals surface area contributed by atoms with Gasteiger partial charge in [-0.2, -0.15) is 12.6 Å². The molecule has 0 saturated carbocycles. The fourth-order valence-corrected chi connectivity index (χ4v) is 2.28. The molecule has 3 atom stereocenters. The Morgan fingerprint density at radius 1 is 0.971 bits per heavy atom. The summed E-state index contributed by atoms with van der Waals surface area (Å²) in [6.07, 6.45) is -0.126. The zero-order valence-electron chi connectivity index (χ0n) is 18.4. The topological polar surface area (TPSA) is 290 Å². The van der Waals surface area contributed by atoms with Gasteiger partial charge in [-0.3, -0.25) is 29.0 Å². The van der Waals surface area contributed by atoms with Gasteiger partial charge in [0.25, 0.3) is 5.97 Å². The highest BCUT2D eigenvalue weighted by atomic mass is 32.1. The summed E-state index contributed by atoms with van der Waals surface area (Å²) in [5.41, 5.74) is 16.0. The number of guanidine groups is 1. The van der Waals surface area contributed by atoms with E-state index < -0.39 is 66.7 Å². The molecule has 0 aliphatic rings. The van der Waals surface area contributed by atoms with Gasteiger partial charge in [-0.15, -0.1) is 0 Å². The molecular weight excluding hydrogens is 478 g/mol. The lowest BCUT2D eigenvalue weighted by molar-refractivity contribution is -0.143. The number of carbonyl (C=O) groups is 6. The van der Waals surface area contributed by atoms with Crippen LogP contribution in [0.3, 0.4) is 0 Å². The third-order valence-electron chi connectivity index (χ3n) is 3.56. The third kappa shape index (κ3) is 18.0. The third-order valence-corrected chi connectivity index (χ3v) is 3.92. The molecule has 0 spiro atoms. The van der Waals surface area contributed by atoms with Crippen molar-refractivity contribution >= 4 is 54.2 Å². The molecule has 16 nitrogen and oxygen atoms in total. The summed E-state index contributed by atoms with van der Waals surface area (Å²) < 4.78 is 0. The average molecular weight is 510 g/mol. The first-order valence-corrected chi connectivity index (χ1v) is 10.3. The maximum absolute atomic E-state index is 12.1. The molecule has 0 aromatic rings. The molecule has 12 N–H and O–H groups in total. The highest BCUT2D eigenvalue weighted by Crippen LogP contribution is 1.98. The van der Waals surface area contributed by atoms with E-state index in [-0.39, 0.29) is 24.7 Å². The molecule has 0 radical (unpaired) electrons. The minimum Gasteiger partial charge on any atom is -0.481 e. The largest absolute Gasteiger partial charge is 0.481 e. The molecule has 0 rings (SSSR count). The van der Waals surface area contributed by atoms with E-state index in [4.69, 9.17) is 37.3 Å². The highest BCUT2D eigenvalue weighted by molar-refractivity contribution is 7.80. The smallest absolute Gasteiger partial charge is 0.327 e. The maximum atomic E-state index is 12.1. The molecule has 0 aliphatic heterocycles. The van der Waals surface area contributed by atoms with Crippen molar-refractivity contribution in [2.24, 2.45) is 22.2 Å². The van der Waals surface area contributed by atoms with Crippen molar-refractivity contribution < 1.29 is 44.1 Å². The SMILES string of the molecule is CC(=O)O.NC(N)=NCCCC(N)C(=O)NCC(=O)NC(CC(=O)O)C(=O)NC(CS)C(=O)O. The van der Waals surface area contributed by atoms with Crippen molar-refractivity contribution in [3.05, 3.63) is 0 Å². The van der Waals surface area contributed by atoms with Gasteiger partial charge in [0.05, 0.1) is 19.0 Å². The molecule has 3 amide bonds. The lowest BCUT2D eigenvalue weighted by Crippen LogP contribution is -2.54. The molecule has 0 bridgehead atoms. The highest BCUT2D eigenvalue weighted by Gasteiger charge is 2.28. The molecular formula is C17H31N7O9S. The van der Waals surface area contributed by atoms with Gasteiger partial charge in [0.15, 0.2) is 5.96 Å². The van der Waals surface area contributed by atoms with Gasteiger partial charge >= 0.3 is 11.9 Å². The number of hydrogen-bond donors (Lipinski definition) is 10. The summed E-state index contributed by atoms with van der Waals surface area (Å²) >= 11 is 3.78. The Hall–Kier alpha value is -3.60. The van der Waals surface area contributed by atoms with Crippen molar-refractivity contribution in [1.29, 1.82) is 0 Å². The zero-order valence-corrected chi connectivity index (χ0v) is 19.3. The Balaban J connectivity index is 0. The van der Waals surface area contributed by atoms with E-state index >= 15 is 0 Å². The van der Waals surface area contributed by atoms with Crippen LogP contribution in [0, 0.1) is 0 Å². The Labute approximate surface area is 200 Å². The fourth-order valence-electron chi connectivity index (χ4n) is 2.04. The Morgan fingerprint density at radius 3 is 1.97 bits per heavy atom. The van der Waals surface area contributed by atoms with Gasteiger partial charge in [-0.05, 0) is 12.8 Å².